The van der Waals surface area contributed by atoms with Gasteiger partial charge in [0.15, 0.2) is 0 Å². The summed E-state index contributed by atoms with van der Waals surface area (Å²) in [5, 5.41) is 10.1. The molecular formula is C41H26O. The van der Waals surface area contributed by atoms with Gasteiger partial charge in [0.2, 0.25) is 0 Å². The van der Waals surface area contributed by atoms with E-state index >= 15 is 0 Å². The lowest BCUT2D eigenvalue weighted by molar-refractivity contribution is 0.456. The van der Waals surface area contributed by atoms with Gasteiger partial charge >= 0.3 is 0 Å². The standard InChI is InChI=1S/C41H26O/c1-5-13-32-26(9-1)21-23-37-40(32)39(41-33-14-6-2-10-27(33)22-24-38(41)42-37)29-19-17-28(18-20-29)36-25-30-11-3-4-12-31(30)34-15-7-8-16-35(34)36/h1-25,39H. The number of hydrogen-bond acceptors (Lipinski definition) is 1. The number of ether oxygens (including phenoxy) is 1. The van der Waals surface area contributed by atoms with Crippen molar-refractivity contribution in [1.82, 2.24) is 0 Å². The van der Waals surface area contributed by atoms with Crippen LogP contribution in [0.1, 0.15) is 22.6 Å². The van der Waals surface area contributed by atoms with Gasteiger partial charge in [-0.2, -0.15) is 0 Å². The Morgan fingerprint density at radius 1 is 0.381 bits per heavy atom. The molecule has 1 aliphatic rings. The van der Waals surface area contributed by atoms with E-state index < -0.39 is 0 Å². The van der Waals surface area contributed by atoms with Crippen molar-refractivity contribution in [2.24, 2.45) is 0 Å². The van der Waals surface area contributed by atoms with Gasteiger partial charge < -0.3 is 4.74 Å². The lowest BCUT2D eigenvalue weighted by atomic mass is 9.78. The van der Waals surface area contributed by atoms with Crippen molar-refractivity contribution in [3.63, 3.8) is 0 Å². The van der Waals surface area contributed by atoms with Crippen LogP contribution in [0.4, 0.5) is 0 Å². The third-order valence-electron chi connectivity index (χ3n) is 8.98. The summed E-state index contributed by atoms with van der Waals surface area (Å²) in [6, 6.07) is 55.0. The molecule has 0 N–H and O–H groups in total. The molecular weight excluding hydrogens is 508 g/mol. The lowest BCUT2D eigenvalue weighted by Gasteiger charge is -2.31. The van der Waals surface area contributed by atoms with E-state index in [0.29, 0.717) is 0 Å². The summed E-state index contributed by atoms with van der Waals surface area (Å²) in [7, 11) is 0. The number of rotatable bonds is 2. The molecule has 1 heteroatoms. The maximum atomic E-state index is 6.63. The molecule has 1 nitrogen and oxygen atoms in total. The van der Waals surface area contributed by atoms with Crippen molar-refractivity contribution in [2.45, 2.75) is 5.92 Å². The summed E-state index contributed by atoms with van der Waals surface area (Å²) < 4.78 is 6.63. The Morgan fingerprint density at radius 3 is 1.50 bits per heavy atom. The second-order valence-electron chi connectivity index (χ2n) is 11.2. The van der Waals surface area contributed by atoms with Crippen LogP contribution in [0.15, 0.2) is 152 Å². The van der Waals surface area contributed by atoms with Gasteiger partial charge in [-0.25, -0.2) is 0 Å². The number of benzene rings is 8. The monoisotopic (exact) mass is 534 g/mol. The summed E-state index contributed by atoms with van der Waals surface area (Å²) in [6.07, 6.45) is 0. The highest BCUT2D eigenvalue weighted by Crippen LogP contribution is 2.52. The molecule has 8 aromatic rings. The lowest BCUT2D eigenvalue weighted by Crippen LogP contribution is -2.13. The van der Waals surface area contributed by atoms with E-state index in [1.54, 1.807) is 0 Å². The van der Waals surface area contributed by atoms with E-state index in [2.05, 4.69) is 152 Å². The van der Waals surface area contributed by atoms with Crippen molar-refractivity contribution in [3.8, 4) is 22.6 Å². The molecule has 9 rings (SSSR count). The molecule has 0 fully saturated rings. The Kier molecular flexibility index (Phi) is 5.03. The van der Waals surface area contributed by atoms with Crippen LogP contribution in [-0.2, 0) is 0 Å². The van der Waals surface area contributed by atoms with Crippen molar-refractivity contribution in [3.05, 3.63) is 168 Å². The van der Waals surface area contributed by atoms with Crippen LogP contribution in [-0.4, -0.2) is 0 Å². The van der Waals surface area contributed by atoms with E-state index in [9.17, 15) is 0 Å². The SMILES string of the molecule is c1ccc2c3c(ccc2c1)Oc1ccc2ccccc2c1C3c1ccc(-c2cc3ccccc3c3ccccc23)cc1. The summed E-state index contributed by atoms with van der Waals surface area (Å²) in [6.45, 7) is 0. The molecule has 0 saturated carbocycles. The minimum Gasteiger partial charge on any atom is -0.457 e. The van der Waals surface area contributed by atoms with Crippen LogP contribution in [0.5, 0.6) is 11.5 Å². The Bertz CT molecular complexity index is 2240. The van der Waals surface area contributed by atoms with Crippen LogP contribution in [0.2, 0.25) is 0 Å². The van der Waals surface area contributed by atoms with E-state index in [4.69, 9.17) is 4.74 Å². The molecule has 0 aliphatic carbocycles. The molecule has 0 aromatic heterocycles. The van der Waals surface area contributed by atoms with Gasteiger partial charge in [-0.15, -0.1) is 0 Å². The highest BCUT2D eigenvalue weighted by molar-refractivity contribution is 6.13. The van der Waals surface area contributed by atoms with Crippen molar-refractivity contribution in [2.75, 3.05) is 0 Å². The summed E-state index contributed by atoms with van der Waals surface area (Å²) in [4.78, 5) is 0. The molecule has 0 spiro atoms. The molecule has 0 unspecified atom stereocenters. The van der Waals surface area contributed by atoms with Gasteiger partial charge in [0.05, 0.1) is 0 Å². The second-order valence-corrected chi connectivity index (χ2v) is 11.2. The minimum atomic E-state index is 0.0448. The number of fused-ring (bicyclic) bond motifs is 9. The first-order valence-corrected chi connectivity index (χ1v) is 14.6. The fourth-order valence-corrected chi connectivity index (χ4v) is 7.07. The normalized spacial score (nSPS) is 12.9. The molecule has 8 aromatic carbocycles. The summed E-state index contributed by atoms with van der Waals surface area (Å²) in [5.74, 6) is 1.92. The van der Waals surface area contributed by atoms with Crippen molar-refractivity contribution < 1.29 is 4.74 Å². The molecule has 1 aliphatic heterocycles. The highest BCUT2D eigenvalue weighted by atomic mass is 16.5. The van der Waals surface area contributed by atoms with Crippen LogP contribution < -0.4 is 4.74 Å². The molecule has 0 radical (unpaired) electrons. The Hall–Kier alpha value is -5.40. The van der Waals surface area contributed by atoms with Crippen LogP contribution >= 0.6 is 0 Å². The quantitative estimate of drug-likeness (QED) is 0.200. The van der Waals surface area contributed by atoms with Crippen molar-refractivity contribution in [1.29, 1.82) is 0 Å². The van der Waals surface area contributed by atoms with Crippen LogP contribution in [0, 0.1) is 0 Å². The maximum absolute atomic E-state index is 6.63. The topological polar surface area (TPSA) is 9.23 Å². The molecule has 0 saturated heterocycles. The first-order valence-electron chi connectivity index (χ1n) is 14.6. The maximum Gasteiger partial charge on any atom is 0.132 e. The van der Waals surface area contributed by atoms with Gasteiger partial charge in [0.25, 0.3) is 0 Å². The Labute approximate surface area is 244 Å². The fraction of sp³-hybridized carbons (Fsp3) is 0.0244. The van der Waals surface area contributed by atoms with Crippen LogP contribution in [0.25, 0.3) is 54.2 Å². The second kappa shape index (κ2) is 9.06. The Balaban J connectivity index is 1.28. The zero-order chi connectivity index (χ0) is 27.6. The molecule has 42 heavy (non-hydrogen) atoms. The van der Waals surface area contributed by atoms with E-state index in [0.717, 1.165) is 11.5 Å². The summed E-state index contributed by atoms with van der Waals surface area (Å²) >= 11 is 0. The smallest absolute Gasteiger partial charge is 0.132 e. The third kappa shape index (κ3) is 3.44. The highest BCUT2D eigenvalue weighted by Gasteiger charge is 2.32. The van der Waals surface area contributed by atoms with Gasteiger partial charge in [-0.3, -0.25) is 0 Å². The minimum absolute atomic E-state index is 0.0448. The van der Waals surface area contributed by atoms with Crippen molar-refractivity contribution >= 4 is 43.1 Å². The zero-order valence-corrected chi connectivity index (χ0v) is 22.9. The van der Waals surface area contributed by atoms with Crippen LogP contribution in [0.3, 0.4) is 0 Å². The average molecular weight is 535 g/mol. The van der Waals surface area contributed by atoms with Gasteiger partial charge in [-0.1, -0.05) is 133 Å². The Morgan fingerprint density at radius 2 is 0.881 bits per heavy atom. The predicted octanol–water partition coefficient (Wildman–Crippen LogP) is 11.3. The van der Waals surface area contributed by atoms with Gasteiger partial charge in [0.1, 0.15) is 11.5 Å². The fourth-order valence-electron chi connectivity index (χ4n) is 7.07. The van der Waals surface area contributed by atoms with E-state index in [1.165, 1.54) is 70.9 Å². The largest absolute Gasteiger partial charge is 0.457 e. The first-order chi connectivity index (χ1) is 20.8. The van der Waals surface area contributed by atoms with E-state index in [1.807, 2.05) is 0 Å². The molecule has 0 bridgehead atoms. The first kappa shape index (κ1) is 23.3. The molecule has 1 heterocycles. The van der Waals surface area contributed by atoms with Gasteiger partial charge in [0, 0.05) is 17.0 Å². The number of hydrogen-bond donors (Lipinski definition) is 0. The van der Waals surface area contributed by atoms with E-state index in [-0.39, 0.29) is 5.92 Å². The van der Waals surface area contributed by atoms with Gasteiger partial charge in [-0.05, 0) is 78.0 Å². The third-order valence-corrected chi connectivity index (χ3v) is 8.98. The zero-order valence-electron chi connectivity index (χ0n) is 22.9. The molecule has 196 valence electrons. The predicted molar refractivity (Wildman–Crippen MR) is 176 cm³/mol. The molecule has 0 amide bonds. The molecule has 0 atom stereocenters. The summed E-state index contributed by atoms with van der Waals surface area (Å²) in [5.41, 5.74) is 6.23. The average Bonchev–Trinajstić information content (AvgIpc) is 3.07.